The van der Waals surface area contributed by atoms with Crippen LogP contribution in [0.2, 0.25) is 0 Å². The van der Waals surface area contributed by atoms with E-state index in [1.54, 1.807) is 0 Å². The van der Waals surface area contributed by atoms with Gasteiger partial charge in [0.1, 0.15) is 5.52 Å². The van der Waals surface area contributed by atoms with E-state index in [1.807, 2.05) is 0 Å². The molecule has 0 amide bonds. The maximum absolute atomic E-state index is 12.7. The summed E-state index contributed by atoms with van der Waals surface area (Å²) in [6, 6.07) is 7.56. The summed E-state index contributed by atoms with van der Waals surface area (Å²) in [6.45, 7) is 0. The highest BCUT2D eigenvalue weighted by Gasteiger charge is 2.30. The fraction of sp³-hybridized carbons (Fsp3) is 0.143. The predicted molar refractivity (Wildman–Crippen MR) is 72.7 cm³/mol. The van der Waals surface area contributed by atoms with Crippen LogP contribution in [0.1, 0.15) is 16.7 Å². The molecule has 0 spiro atoms. The fourth-order valence-corrected chi connectivity index (χ4v) is 2.30. The lowest BCUT2D eigenvalue weighted by molar-refractivity contribution is -0.383. The van der Waals surface area contributed by atoms with E-state index in [-0.39, 0.29) is 28.7 Å². The molecule has 23 heavy (non-hydrogen) atoms. The van der Waals surface area contributed by atoms with Crippen molar-refractivity contribution in [2.24, 2.45) is 0 Å². The zero-order chi connectivity index (χ0) is 16.6. The molecule has 1 aromatic heterocycles. The van der Waals surface area contributed by atoms with Crippen LogP contribution in [0.3, 0.4) is 0 Å². The second kappa shape index (κ2) is 5.34. The van der Waals surface area contributed by atoms with Gasteiger partial charge in [-0.1, -0.05) is 18.2 Å². The quantitative estimate of drug-likeness (QED) is 0.541. The number of alkyl halides is 3. The van der Waals surface area contributed by atoms with Crippen molar-refractivity contribution < 1.29 is 22.7 Å². The Morgan fingerprint density at radius 2 is 1.96 bits per heavy atom. The summed E-state index contributed by atoms with van der Waals surface area (Å²) in [4.78, 5) is 10.6. The minimum atomic E-state index is -4.47. The summed E-state index contributed by atoms with van der Waals surface area (Å²) in [5.74, 6) is 0. The molecule has 3 aromatic rings. The number of benzene rings is 2. The van der Waals surface area contributed by atoms with E-state index in [4.69, 9.17) is 0 Å². The van der Waals surface area contributed by atoms with Crippen LogP contribution >= 0.6 is 0 Å². The van der Waals surface area contributed by atoms with Crippen molar-refractivity contribution in [1.82, 2.24) is 10.3 Å². The van der Waals surface area contributed by atoms with Gasteiger partial charge in [-0.25, -0.2) is 4.63 Å². The first-order valence-corrected chi connectivity index (χ1v) is 6.41. The van der Waals surface area contributed by atoms with E-state index >= 15 is 0 Å². The van der Waals surface area contributed by atoms with Crippen LogP contribution in [-0.4, -0.2) is 15.2 Å². The zero-order valence-corrected chi connectivity index (χ0v) is 11.4. The van der Waals surface area contributed by atoms with Gasteiger partial charge in [0.2, 0.25) is 5.52 Å². The molecule has 118 valence electrons. The van der Waals surface area contributed by atoms with Gasteiger partial charge in [0, 0.05) is 12.0 Å². The minimum absolute atomic E-state index is 0.0283. The minimum Gasteiger partial charge on any atom is -0.258 e. The Hall–Kier alpha value is -2.97. The molecule has 0 saturated heterocycles. The molecule has 0 radical (unpaired) electrons. The average Bonchev–Trinajstić information content (AvgIpc) is 2.94. The van der Waals surface area contributed by atoms with Gasteiger partial charge in [-0.15, -0.1) is 0 Å². The lowest BCUT2D eigenvalue weighted by Gasteiger charge is -2.09. The molecule has 0 N–H and O–H groups in total. The number of hydrogen-bond acceptors (Lipinski definition) is 5. The lowest BCUT2D eigenvalue weighted by atomic mass is 10.0. The number of nitro benzene ring substituents is 1. The first kappa shape index (κ1) is 14.9. The van der Waals surface area contributed by atoms with Gasteiger partial charge in [0.25, 0.3) is 0 Å². The van der Waals surface area contributed by atoms with Gasteiger partial charge in [0.05, 0.1) is 10.5 Å². The number of hydrogen-bond donors (Lipinski definition) is 0. The third-order valence-electron chi connectivity index (χ3n) is 3.32. The van der Waals surface area contributed by atoms with Crippen molar-refractivity contribution >= 4 is 16.7 Å². The Kier molecular flexibility index (Phi) is 3.47. The third-order valence-corrected chi connectivity index (χ3v) is 3.32. The predicted octanol–water partition coefficient (Wildman–Crippen LogP) is 3.74. The molecule has 0 aliphatic heterocycles. The van der Waals surface area contributed by atoms with Crippen LogP contribution in [0.5, 0.6) is 0 Å². The van der Waals surface area contributed by atoms with E-state index in [9.17, 15) is 23.3 Å². The van der Waals surface area contributed by atoms with E-state index < -0.39 is 16.7 Å². The zero-order valence-electron chi connectivity index (χ0n) is 11.4. The molecular formula is C14H8F3N3O3. The van der Waals surface area contributed by atoms with Gasteiger partial charge >= 0.3 is 11.9 Å². The van der Waals surface area contributed by atoms with Crippen LogP contribution in [0.4, 0.5) is 18.9 Å². The second-order valence-electron chi connectivity index (χ2n) is 4.84. The SMILES string of the molecule is O=[N+]([O-])c1c(Cc2cccc(C(F)(F)F)c2)ccc2nonc12. The summed E-state index contributed by atoms with van der Waals surface area (Å²) in [6.07, 6.45) is -4.51. The highest BCUT2D eigenvalue weighted by Crippen LogP contribution is 2.32. The summed E-state index contributed by atoms with van der Waals surface area (Å²) >= 11 is 0. The molecule has 0 unspecified atom stereocenters. The highest BCUT2D eigenvalue weighted by atomic mass is 19.4. The van der Waals surface area contributed by atoms with Crippen LogP contribution in [0, 0.1) is 10.1 Å². The van der Waals surface area contributed by atoms with E-state index in [0.29, 0.717) is 5.56 Å². The molecule has 3 rings (SSSR count). The molecule has 2 aromatic carbocycles. The summed E-state index contributed by atoms with van der Waals surface area (Å²) in [5, 5.41) is 18.3. The van der Waals surface area contributed by atoms with Gasteiger partial charge in [-0.3, -0.25) is 10.1 Å². The number of nitrogens with zero attached hydrogens (tertiary/aromatic N) is 3. The van der Waals surface area contributed by atoms with Crippen molar-refractivity contribution in [1.29, 1.82) is 0 Å². The molecule has 0 atom stereocenters. The number of nitro groups is 1. The van der Waals surface area contributed by atoms with Crippen LogP contribution in [-0.2, 0) is 12.6 Å². The van der Waals surface area contributed by atoms with Crippen LogP contribution in [0.15, 0.2) is 41.0 Å². The normalized spacial score (nSPS) is 11.8. The Balaban J connectivity index is 2.05. The van der Waals surface area contributed by atoms with Crippen molar-refractivity contribution in [3.63, 3.8) is 0 Å². The second-order valence-corrected chi connectivity index (χ2v) is 4.84. The third kappa shape index (κ3) is 2.85. The fourth-order valence-electron chi connectivity index (χ4n) is 2.30. The van der Waals surface area contributed by atoms with Gasteiger partial charge < -0.3 is 0 Å². The van der Waals surface area contributed by atoms with Crippen LogP contribution in [0.25, 0.3) is 11.0 Å². The molecular weight excluding hydrogens is 315 g/mol. The lowest BCUT2D eigenvalue weighted by Crippen LogP contribution is -2.05. The first-order chi connectivity index (χ1) is 10.9. The molecule has 9 heteroatoms. The van der Waals surface area contributed by atoms with Gasteiger partial charge in [-0.2, -0.15) is 13.2 Å². The molecule has 0 aliphatic carbocycles. The van der Waals surface area contributed by atoms with Crippen molar-refractivity contribution in [3.05, 3.63) is 63.2 Å². The topological polar surface area (TPSA) is 82.1 Å². The molecule has 0 aliphatic rings. The first-order valence-electron chi connectivity index (χ1n) is 6.41. The van der Waals surface area contributed by atoms with Gasteiger partial charge in [0.15, 0.2) is 0 Å². The van der Waals surface area contributed by atoms with E-state index in [1.165, 1.54) is 24.3 Å². The van der Waals surface area contributed by atoms with Crippen molar-refractivity contribution in [2.75, 3.05) is 0 Å². The number of aromatic nitrogens is 2. The van der Waals surface area contributed by atoms with E-state index in [2.05, 4.69) is 14.9 Å². The smallest absolute Gasteiger partial charge is 0.258 e. The Morgan fingerprint density at radius 3 is 2.65 bits per heavy atom. The average molecular weight is 323 g/mol. The Labute approximate surface area is 126 Å². The van der Waals surface area contributed by atoms with Crippen LogP contribution < -0.4 is 0 Å². The Bertz CT molecular complexity index is 890. The summed E-state index contributed by atoms with van der Waals surface area (Å²) < 4.78 is 42.7. The van der Waals surface area contributed by atoms with Crippen molar-refractivity contribution in [2.45, 2.75) is 12.6 Å². The largest absolute Gasteiger partial charge is 0.416 e. The molecule has 1 heterocycles. The number of rotatable bonds is 3. The van der Waals surface area contributed by atoms with Gasteiger partial charge in [-0.05, 0) is 34.1 Å². The number of fused-ring (bicyclic) bond motifs is 1. The molecule has 0 bridgehead atoms. The molecule has 0 fully saturated rings. The molecule has 0 saturated carbocycles. The maximum Gasteiger partial charge on any atom is 0.416 e. The Morgan fingerprint density at radius 1 is 1.17 bits per heavy atom. The molecule has 6 nitrogen and oxygen atoms in total. The number of halogens is 3. The monoisotopic (exact) mass is 323 g/mol. The van der Waals surface area contributed by atoms with E-state index in [0.717, 1.165) is 12.1 Å². The summed E-state index contributed by atoms with van der Waals surface area (Å²) in [5.41, 5.74) is -0.400. The standard InChI is InChI=1S/C14H8F3N3O3/c15-14(16,17)10-3-1-2-8(7-10)6-9-4-5-11-12(19-23-18-11)13(9)20(21)22/h1-5,7H,6H2. The maximum atomic E-state index is 12.7. The summed E-state index contributed by atoms with van der Waals surface area (Å²) in [7, 11) is 0. The van der Waals surface area contributed by atoms with Crippen molar-refractivity contribution in [3.8, 4) is 0 Å². The highest BCUT2D eigenvalue weighted by molar-refractivity contribution is 5.85.